The Labute approximate surface area is 154 Å². The number of benzene rings is 1. The molecule has 1 aromatic carbocycles. The van der Waals surface area contributed by atoms with Crippen molar-refractivity contribution >= 4 is 33.0 Å². The molecule has 1 atom stereocenters. The number of nitro benzene ring substituents is 1. The molecule has 2 aromatic rings. The third kappa shape index (κ3) is 3.76. The molecule has 10 heteroatoms. The third-order valence-electron chi connectivity index (χ3n) is 4.20. The lowest BCUT2D eigenvalue weighted by molar-refractivity contribution is -0.384. The highest BCUT2D eigenvalue weighted by Crippen LogP contribution is 2.28. The Morgan fingerprint density at radius 1 is 1.35 bits per heavy atom. The van der Waals surface area contributed by atoms with Crippen molar-refractivity contribution in [2.24, 2.45) is 0 Å². The van der Waals surface area contributed by atoms with E-state index in [0.717, 1.165) is 17.8 Å². The predicted octanol–water partition coefficient (Wildman–Crippen LogP) is 2.24. The summed E-state index contributed by atoms with van der Waals surface area (Å²) < 4.78 is 27.1. The quantitative estimate of drug-likeness (QED) is 0.596. The van der Waals surface area contributed by atoms with E-state index in [9.17, 15) is 23.3 Å². The van der Waals surface area contributed by atoms with E-state index in [1.165, 1.54) is 28.6 Å². The second-order valence-corrected chi connectivity index (χ2v) is 8.93. The van der Waals surface area contributed by atoms with Crippen LogP contribution in [-0.4, -0.2) is 42.7 Å². The Bertz CT molecular complexity index is 912. The zero-order valence-electron chi connectivity index (χ0n) is 13.7. The summed E-state index contributed by atoms with van der Waals surface area (Å²) in [6, 6.07) is 8.36. The molecular weight excluding hydrogens is 378 g/mol. The fourth-order valence-corrected chi connectivity index (χ4v) is 5.74. The lowest BCUT2D eigenvalue weighted by atomic mass is 10.1. The van der Waals surface area contributed by atoms with Crippen molar-refractivity contribution < 1.29 is 18.1 Å². The lowest BCUT2D eigenvalue weighted by Crippen LogP contribution is -2.42. The fraction of sp³-hybridized carbons (Fsp3) is 0.312. The van der Waals surface area contributed by atoms with Crippen LogP contribution in [0.25, 0.3) is 0 Å². The average Bonchev–Trinajstić information content (AvgIpc) is 3.31. The predicted molar refractivity (Wildman–Crippen MR) is 96.7 cm³/mol. The van der Waals surface area contributed by atoms with Gasteiger partial charge in [0.15, 0.2) is 0 Å². The summed E-state index contributed by atoms with van der Waals surface area (Å²) in [5, 5.41) is 15.2. The van der Waals surface area contributed by atoms with E-state index in [4.69, 9.17) is 0 Å². The topological polar surface area (TPSA) is 110 Å². The molecule has 3 rings (SSSR count). The number of nitrogens with one attached hydrogen (secondary N) is 1. The molecule has 26 heavy (non-hydrogen) atoms. The number of nitro groups is 1. The van der Waals surface area contributed by atoms with E-state index < -0.39 is 20.9 Å². The highest BCUT2D eigenvalue weighted by atomic mass is 32.2. The molecule has 1 fully saturated rings. The summed E-state index contributed by atoms with van der Waals surface area (Å²) in [7, 11) is -3.56. The van der Waals surface area contributed by atoms with Gasteiger partial charge in [0.2, 0.25) is 0 Å². The van der Waals surface area contributed by atoms with Gasteiger partial charge in [0, 0.05) is 36.8 Å². The maximum absolute atomic E-state index is 12.7. The van der Waals surface area contributed by atoms with E-state index in [-0.39, 0.29) is 28.0 Å². The summed E-state index contributed by atoms with van der Waals surface area (Å²) >= 11 is 1.16. The second kappa shape index (κ2) is 7.52. The molecule has 1 aliphatic rings. The SMILES string of the molecule is O=C(NC[C@H]1CCCN1S(=O)(=O)c1cccs1)c1cccc([N+](=O)[O-])c1. The number of carbonyl (C=O) groups excluding carboxylic acids is 1. The average molecular weight is 395 g/mol. The number of sulfonamides is 1. The first-order valence-corrected chi connectivity index (χ1v) is 10.3. The van der Waals surface area contributed by atoms with Crippen LogP contribution < -0.4 is 5.32 Å². The Morgan fingerprint density at radius 2 is 2.15 bits per heavy atom. The zero-order valence-corrected chi connectivity index (χ0v) is 15.3. The smallest absolute Gasteiger partial charge is 0.270 e. The van der Waals surface area contributed by atoms with Crippen molar-refractivity contribution in [1.82, 2.24) is 9.62 Å². The van der Waals surface area contributed by atoms with Gasteiger partial charge < -0.3 is 5.32 Å². The number of rotatable bonds is 6. The molecule has 0 saturated carbocycles. The molecule has 138 valence electrons. The van der Waals surface area contributed by atoms with Gasteiger partial charge in [-0.2, -0.15) is 4.31 Å². The maximum Gasteiger partial charge on any atom is 0.270 e. The molecule has 0 unspecified atom stereocenters. The van der Waals surface area contributed by atoms with Crippen molar-refractivity contribution in [1.29, 1.82) is 0 Å². The van der Waals surface area contributed by atoms with Gasteiger partial charge in [-0.25, -0.2) is 8.42 Å². The first-order chi connectivity index (χ1) is 12.4. The Kier molecular flexibility index (Phi) is 5.35. The molecule has 1 amide bonds. The van der Waals surface area contributed by atoms with Crippen LogP contribution in [0.2, 0.25) is 0 Å². The summed E-state index contributed by atoms with van der Waals surface area (Å²) in [4.78, 5) is 22.5. The Balaban J connectivity index is 1.68. The van der Waals surface area contributed by atoms with Gasteiger partial charge in [0.25, 0.3) is 21.6 Å². The van der Waals surface area contributed by atoms with Crippen LogP contribution in [0.15, 0.2) is 46.0 Å². The standard InChI is InChI=1S/C16H17N3O5S2/c20-16(12-4-1-5-13(10-12)19(21)22)17-11-14-6-2-8-18(14)26(23,24)15-7-3-9-25-15/h1,3-5,7,9-10,14H,2,6,8,11H2,(H,17,20)/t14-/m1/s1. The number of nitrogens with zero attached hydrogens (tertiary/aromatic N) is 2. The van der Waals surface area contributed by atoms with Crippen molar-refractivity contribution in [3.63, 3.8) is 0 Å². The van der Waals surface area contributed by atoms with E-state index in [1.807, 2.05) is 0 Å². The zero-order chi connectivity index (χ0) is 18.7. The minimum absolute atomic E-state index is 0.159. The minimum atomic E-state index is -3.56. The first-order valence-electron chi connectivity index (χ1n) is 7.97. The molecule has 0 radical (unpaired) electrons. The van der Waals surface area contributed by atoms with Gasteiger partial charge in [0.1, 0.15) is 4.21 Å². The Hall–Kier alpha value is -2.30. The normalized spacial score (nSPS) is 17.9. The molecule has 1 aliphatic heterocycles. The molecule has 1 aromatic heterocycles. The molecule has 8 nitrogen and oxygen atoms in total. The number of hydrogen-bond acceptors (Lipinski definition) is 6. The molecule has 0 aliphatic carbocycles. The van der Waals surface area contributed by atoms with Crippen molar-refractivity contribution in [3.05, 3.63) is 57.5 Å². The first kappa shape index (κ1) is 18.5. The number of amides is 1. The van der Waals surface area contributed by atoms with Gasteiger partial charge in [-0.15, -0.1) is 11.3 Å². The summed E-state index contributed by atoms with van der Waals surface area (Å²) in [5.41, 5.74) is 0.00489. The van der Waals surface area contributed by atoms with Crippen molar-refractivity contribution in [2.45, 2.75) is 23.1 Å². The third-order valence-corrected chi connectivity index (χ3v) is 7.52. The number of hydrogen-bond donors (Lipinski definition) is 1. The highest BCUT2D eigenvalue weighted by molar-refractivity contribution is 7.91. The Morgan fingerprint density at radius 3 is 2.85 bits per heavy atom. The number of carbonyl (C=O) groups is 1. The van der Waals surface area contributed by atoms with E-state index >= 15 is 0 Å². The maximum atomic E-state index is 12.7. The van der Waals surface area contributed by atoms with Crippen LogP contribution in [0.1, 0.15) is 23.2 Å². The highest BCUT2D eigenvalue weighted by Gasteiger charge is 2.35. The molecule has 1 saturated heterocycles. The summed E-state index contributed by atoms with van der Waals surface area (Å²) in [6.45, 7) is 0.573. The van der Waals surface area contributed by atoms with Gasteiger partial charge in [-0.3, -0.25) is 14.9 Å². The van der Waals surface area contributed by atoms with Gasteiger partial charge in [-0.05, 0) is 30.4 Å². The van der Waals surface area contributed by atoms with E-state index in [0.29, 0.717) is 13.0 Å². The van der Waals surface area contributed by atoms with Crippen LogP contribution in [0, 0.1) is 10.1 Å². The summed E-state index contributed by atoms with van der Waals surface area (Å²) in [5.74, 6) is -0.464. The van der Waals surface area contributed by atoms with Gasteiger partial charge in [0.05, 0.1) is 4.92 Å². The van der Waals surface area contributed by atoms with E-state index in [2.05, 4.69) is 5.32 Å². The van der Waals surface area contributed by atoms with E-state index in [1.54, 1.807) is 17.5 Å². The molecule has 2 heterocycles. The van der Waals surface area contributed by atoms with Gasteiger partial charge >= 0.3 is 0 Å². The van der Waals surface area contributed by atoms with Crippen LogP contribution in [0.3, 0.4) is 0 Å². The van der Waals surface area contributed by atoms with Crippen molar-refractivity contribution in [3.8, 4) is 0 Å². The van der Waals surface area contributed by atoms with Crippen LogP contribution >= 0.6 is 11.3 Å². The number of thiophene rings is 1. The fourth-order valence-electron chi connectivity index (χ4n) is 2.93. The molecule has 0 bridgehead atoms. The van der Waals surface area contributed by atoms with Crippen LogP contribution in [-0.2, 0) is 10.0 Å². The molecule has 0 spiro atoms. The van der Waals surface area contributed by atoms with Crippen molar-refractivity contribution in [2.75, 3.05) is 13.1 Å². The largest absolute Gasteiger partial charge is 0.350 e. The molecular formula is C16H17N3O5S2. The van der Waals surface area contributed by atoms with Crippen LogP contribution in [0.4, 0.5) is 5.69 Å². The van der Waals surface area contributed by atoms with Crippen LogP contribution in [0.5, 0.6) is 0 Å². The monoisotopic (exact) mass is 395 g/mol. The number of non-ortho nitro benzene ring substituents is 1. The molecule has 1 N–H and O–H groups in total. The van der Waals surface area contributed by atoms with Gasteiger partial charge in [-0.1, -0.05) is 12.1 Å². The lowest BCUT2D eigenvalue weighted by Gasteiger charge is -2.23. The minimum Gasteiger partial charge on any atom is -0.350 e. The second-order valence-electron chi connectivity index (χ2n) is 5.86. The summed E-state index contributed by atoms with van der Waals surface area (Å²) in [6.07, 6.45) is 1.38.